The standard InChI is InChI=1S/C22H24IN3O7/c1-26(2)15-10-4-7-3-9-8(6-24)5-11(23)16(27)13(9)17(28)12(7)19(30)22(10,33)20(31)14(18(15)29)21(25)32/h5,7,10,12,14-15,27,33H,3-4,6,24H2,1-2H3,(H2,25,32)/t7-,10-,12?,14?,15-,22-/m1/s1. The number of carbonyl (C=O) groups excluding carboxylic acids is 5. The summed E-state index contributed by atoms with van der Waals surface area (Å²) < 4.78 is 0.388. The van der Waals surface area contributed by atoms with E-state index in [9.17, 15) is 34.2 Å². The van der Waals surface area contributed by atoms with Gasteiger partial charge in [0.2, 0.25) is 5.91 Å². The zero-order valence-electron chi connectivity index (χ0n) is 18.0. The summed E-state index contributed by atoms with van der Waals surface area (Å²) in [5.41, 5.74) is 9.59. The molecule has 11 heteroatoms. The molecule has 0 radical (unpaired) electrons. The average molecular weight is 569 g/mol. The molecule has 6 N–H and O–H groups in total. The Bertz CT molecular complexity index is 1130. The summed E-state index contributed by atoms with van der Waals surface area (Å²) in [7, 11) is 3.09. The zero-order chi connectivity index (χ0) is 24.6. The van der Waals surface area contributed by atoms with Gasteiger partial charge in [0.15, 0.2) is 34.7 Å². The van der Waals surface area contributed by atoms with Crippen molar-refractivity contribution < 1.29 is 34.2 Å². The van der Waals surface area contributed by atoms with Crippen LogP contribution in [0, 0.1) is 27.2 Å². The number of aliphatic hydroxyl groups is 1. The molecule has 0 heterocycles. The van der Waals surface area contributed by atoms with Crippen molar-refractivity contribution in [2.45, 2.75) is 31.0 Å². The largest absolute Gasteiger partial charge is 0.506 e. The number of phenols is 1. The van der Waals surface area contributed by atoms with Crippen LogP contribution in [0.15, 0.2) is 6.07 Å². The van der Waals surface area contributed by atoms with Gasteiger partial charge in [0, 0.05) is 12.5 Å². The first-order valence-corrected chi connectivity index (χ1v) is 11.5. The zero-order valence-corrected chi connectivity index (χ0v) is 20.2. The molecule has 0 aromatic heterocycles. The number of ketones is 4. The van der Waals surface area contributed by atoms with Crippen molar-refractivity contribution in [1.29, 1.82) is 0 Å². The lowest BCUT2D eigenvalue weighted by atomic mass is 9.52. The van der Waals surface area contributed by atoms with E-state index < -0.39 is 64.4 Å². The summed E-state index contributed by atoms with van der Waals surface area (Å²) in [6, 6.07) is 0.558. The fraction of sp³-hybridized carbons (Fsp3) is 0.500. The predicted molar refractivity (Wildman–Crippen MR) is 122 cm³/mol. The van der Waals surface area contributed by atoms with Crippen LogP contribution in [-0.4, -0.2) is 69.9 Å². The molecule has 2 saturated carbocycles. The molecular weight excluding hydrogens is 545 g/mol. The number of aromatic hydroxyl groups is 1. The third-order valence-corrected chi connectivity index (χ3v) is 8.15. The first kappa shape index (κ1) is 23.9. The Kier molecular flexibility index (Phi) is 5.75. The van der Waals surface area contributed by atoms with Crippen LogP contribution in [0.2, 0.25) is 0 Å². The van der Waals surface area contributed by atoms with Gasteiger partial charge in [-0.1, -0.05) is 0 Å². The number of hydrogen-bond donors (Lipinski definition) is 4. The second kappa shape index (κ2) is 7.93. The van der Waals surface area contributed by atoms with Crippen LogP contribution in [-0.2, 0) is 32.1 Å². The van der Waals surface area contributed by atoms with E-state index in [0.29, 0.717) is 14.7 Å². The molecule has 0 spiro atoms. The molecule has 0 saturated heterocycles. The maximum atomic E-state index is 13.7. The Morgan fingerprint density at radius 3 is 2.42 bits per heavy atom. The van der Waals surface area contributed by atoms with Crippen molar-refractivity contribution in [3.05, 3.63) is 26.3 Å². The van der Waals surface area contributed by atoms with E-state index in [1.807, 2.05) is 22.6 Å². The van der Waals surface area contributed by atoms with Gasteiger partial charge in [0.25, 0.3) is 0 Å². The van der Waals surface area contributed by atoms with Gasteiger partial charge in [0.1, 0.15) is 5.75 Å². The van der Waals surface area contributed by atoms with Crippen LogP contribution in [0.5, 0.6) is 5.75 Å². The molecule has 2 unspecified atom stereocenters. The highest BCUT2D eigenvalue weighted by molar-refractivity contribution is 14.1. The van der Waals surface area contributed by atoms with E-state index in [4.69, 9.17) is 11.5 Å². The molecule has 2 fully saturated rings. The molecule has 1 aromatic carbocycles. The monoisotopic (exact) mass is 569 g/mol. The summed E-state index contributed by atoms with van der Waals surface area (Å²) in [6.45, 7) is 0.113. The molecule has 4 rings (SSSR count). The molecule has 3 aliphatic rings. The number of nitrogens with zero attached hydrogens (tertiary/aromatic N) is 1. The number of likely N-dealkylation sites (N-methyl/N-ethyl adjacent to an activating group) is 1. The number of benzene rings is 1. The highest BCUT2D eigenvalue weighted by Crippen LogP contribution is 2.51. The molecule has 1 amide bonds. The van der Waals surface area contributed by atoms with Crippen molar-refractivity contribution in [1.82, 2.24) is 4.90 Å². The fourth-order valence-corrected chi connectivity index (χ4v) is 6.54. The summed E-state index contributed by atoms with van der Waals surface area (Å²) in [4.78, 5) is 66.8. The fourth-order valence-electron chi connectivity index (χ4n) is 5.89. The Morgan fingerprint density at radius 1 is 1.24 bits per heavy atom. The number of halogens is 1. The normalized spacial score (nSPS) is 33.6. The van der Waals surface area contributed by atoms with Crippen LogP contribution in [0.25, 0.3) is 0 Å². The lowest BCUT2D eigenvalue weighted by Crippen LogP contribution is -2.74. The minimum absolute atomic E-state index is 0.0145. The Hall–Kier alpha value is -2.22. The van der Waals surface area contributed by atoms with Gasteiger partial charge in [-0.15, -0.1) is 0 Å². The van der Waals surface area contributed by atoms with Gasteiger partial charge >= 0.3 is 0 Å². The number of fused-ring (bicyclic) bond motifs is 3. The van der Waals surface area contributed by atoms with E-state index in [0.717, 1.165) is 0 Å². The van der Waals surface area contributed by atoms with E-state index >= 15 is 0 Å². The van der Waals surface area contributed by atoms with Gasteiger partial charge in [0.05, 0.1) is 21.1 Å². The van der Waals surface area contributed by atoms with Crippen LogP contribution in [0.3, 0.4) is 0 Å². The summed E-state index contributed by atoms with van der Waals surface area (Å²) in [5.74, 6) is -10.5. The van der Waals surface area contributed by atoms with Gasteiger partial charge < -0.3 is 21.7 Å². The first-order chi connectivity index (χ1) is 15.4. The summed E-state index contributed by atoms with van der Waals surface area (Å²) in [6.07, 6.45) is 0.226. The number of phenolic OH excluding ortho intramolecular Hbond substituents is 1. The van der Waals surface area contributed by atoms with Crippen LogP contribution < -0.4 is 11.5 Å². The van der Waals surface area contributed by atoms with E-state index in [1.54, 1.807) is 20.2 Å². The summed E-state index contributed by atoms with van der Waals surface area (Å²) >= 11 is 1.86. The van der Waals surface area contributed by atoms with Crippen molar-refractivity contribution >= 4 is 51.6 Å². The third-order valence-electron chi connectivity index (χ3n) is 7.33. The lowest BCUT2D eigenvalue weighted by molar-refractivity contribution is -0.181. The number of rotatable bonds is 3. The highest BCUT2D eigenvalue weighted by Gasteiger charge is 2.69. The number of carbonyl (C=O) groups is 5. The highest BCUT2D eigenvalue weighted by atomic mass is 127. The average Bonchev–Trinajstić information content (AvgIpc) is 2.72. The number of nitrogens with two attached hydrogens (primary N) is 2. The molecule has 1 aromatic rings. The van der Waals surface area contributed by atoms with Crippen molar-refractivity contribution in [3.8, 4) is 5.75 Å². The number of Topliss-reactive ketones (excluding diaryl/α,β-unsaturated/α-hetero) is 4. The van der Waals surface area contributed by atoms with Crippen LogP contribution in [0.1, 0.15) is 27.9 Å². The molecular formula is C22H24IN3O7. The van der Waals surface area contributed by atoms with Gasteiger partial charge in [-0.25, -0.2) is 0 Å². The summed E-state index contributed by atoms with van der Waals surface area (Å²) in [5, 5.41) is 22.1. The molecule has 0 aliphatic heterocycles. The maximum Gasteiger partial charge on any atom is 0.235 e. The van der Waals surface area contributed by atoms with E-state index in [1.165, 1.54) is 4.90 Å². The predicted octanol–water partition coefficient (Wildman–Crippen LogP) is -1.07. The topological polar surface area (TPSA) is 181 Å². The van der Waals surface area contributed by atoms with Crippen molar-refractivity contribution in [2.24, 2.45) is 35.1 Å². The smallest absolute Gasteiger partial charge is 0.235 e. The van der Waals surface area contributed by atoms with Crippen LogP contribution >= 0.6 is 22.6 Å². The van der Waals surface area contributed by atoms with Crippen LogP contribution in [0.4, 0.5) is 0 Å². The Labute approximate surface area is 202 Å². The Morgan fingerprint density at radius 2 is 1.88 bits per heavy atom. The molecule has 33 heavy (non-hydrogen) atoms. The molecule has 3 aliphatic carbocycles. The molecule has 6 atom stereocenters. The van der Waals surface area contributed by atoms with Gasteiger partial charge in [-0.2, -0.15) is 0 Å². The van der Waals surface area contributed by atoms with Gasteiger partial charge in [-0.05, 0) is 72.6 Å². The minimum atomic E-state index is -2.72. The molecule has 10 nitrogen and oxygen atoms in total. The number of amides is 1. The SMILES string of the molecule is CN(C)[C@H]1C(=O)C(C(N)=O)C(=O)[C@]2(O)C(=O)C3C(=O)c4c(O)c(I)cc(CN)c4C[C@@H]3C[C@H]12. The number of hydrogen-bond acceptors (Lipinski definition) is 9. The number of primary amides is 1. The first-order valence-electron chi connectivity index (χ1n) is 10.5. The minimum Gasteiger partial charge on any atom is -0.506 e. The lowest BCUT2D eigenvalue weighted by Gasteiger charge is -2.52. The quantitative estimate of drug-likeness (QED) is 0.260. The molecule has 176 valence electrons. The second-order valence-corrected chi connectivity index (χ2v) is 10.4. The maximum absolute atomic E-state index is 13.7. The van der Waals surface area contributed by atoms with Gasteiger partial charge in [-0.3, -0.25) is 28.9 Å². The Balaban J connectivity index is 1.90. The second-order valence-electron chi connectivity index (χ2n) is 9.21. The van der Waals surface area contributed by atoms with Crippen molar-refractivity contribution in [3.63, 3.8) is 0 Å². The third kappa shape index (κ3) is 3.12. The van der Waals surface area contributed by atoms with Crippen molar-refractivity contribution in [2.75, 3.05) is 14.1 Å². The molecule has 0 bridgehead atoms. The van der Waals surface area contributed by atoms with E-state index in [2.05, 4.69) is 0 Å². The van der Waals surface area contributed by atoms with E-state index in [-0.39, 0.29) is 30.7 Å².